The number of methoxy groups -OCH3 is 1. The van der Waals surface area contributed by atoms with Crippen molar-refractivity contribution in [3.63, 3.8) is 0 Å². The number of rotatable bonds is 1. The SMILES string of the molecule is COc1cc[c]c(C(F)(F)F)c1. The Morgan fingerprint density at radius 3 is 2.58 bits per heavy atom. The first kappa shape index (κ1) is 8.90. The normalized spacial score (nSPS) is 11.3. The van der Waals surface area contributed by atoms with Crippen LogP contribution < -0.4 is 4.74 Å². The molecule has 1 rings (SSSR count). The molecule has 1 aromatic carbocycles. The predicted molar refractivity (Wildman–Crippen MR) is 36.8 cm³/mol. The molecule has 0 heterocycles. The minimum atomic E-state index is -4.35. The van der Waals surface area contributed by atoms with E-state index in [0.717, 1.165) is 6.07 Å². The van der Waals surface area contributed by atoms with Gasteiger partial charge in [-0.25, -0.2) is 0 Å². The first-order valence-electron chi connectivity index (χ1n) is 3.17. The fourth-order valence-corrected chi connectivity index (χ4v) is 0.736. The standard InChI is InChI=1S/C8H6F3O/c1-12-7-4-2-3-6(5-7)8(9,10)11/h2,4-5H,1H3. The second-order valence-corrected chi connectivity index (χ2v) is 2.14. The average Bonchev–Trinajstić information content (AvgIpc) is 2.03. The molecule has 0 saturated carbocycles. The van der Waals surface area contributed by atoms with Crippen LogP contribution in [0.4, 0.5) is 13.2 Å². The Morgan fingerprint density at radius 2 is 2.08 bits per heavy atom. The molecule has 12 heavy (non-hydrogen) atoms. The van der Waals surface area contributed by atoms with Gasteiger partial charge in [-0.05, 0) is 18.2 Å². The van der Waals surface area contributed by atoms with Crippen LogP contribution in [0, 0.1) is 6.07 Å². The van der Waals surface area contributed by atoms with Crippen molar-refractivity contribution < 1.29 is 17.9 Å². The molecule has 65 valence electrons. The number of benzene rings is 1. The molecule has 0 bridgehead atoms. The predicted octanol–water partition coefficient (Wildman–Crippen LogP) is 2.51. The molecule has 0 aliphatic rings. The van der Waals surface area contributed by atoms with E-state index in [1.165, 1.54) is 19.2 Å². The maximum atomic E-state index is 12.0. The Labute approximate surface area is 67.8 Å². The Kier molecular flexibility index (Phi) is 2.26. The summed E-state index contributed by atoms with van der Waals surface area (Å²) in [6.07, 6.45) is -4.35. The van der Waals surface area contributed by atoms with Crippen LogP contribution in [0.25, 0.3) is 0 Å². The molecule has 1 aromatic rings. The summed E-state index contributed by atoms with van der Waals surface area (Å²) in [7, 11) is 1.31. The van der Waals surface area contributed by atoms with Crippen molar-refractivity contribution in [2.75, 3.05) is 7.11 Å². The number of hydrogen-bond donors (Lipinski definition) is 0. The van der Waals surface area contributed by atoms with Crippen LogP contribution in [0.2, 0.25) is 0 Å². The van der Waals surface area contributed by atoms with E-state index in [9.17, 15) is 13.2 Å². The van der Waals surface area contributed by atoms with Crippen molar-refractivity contribution in [3.05, 3.63) is 29.8 Å². The highest BCUT2D eigenvalue weighted by Crippen LogP contribution is 2.30. The molecule has 0 aliphatic heterocycles. The van der Waals surface area contributed by atoms with Crippen molar-refractivity contribution >= 4 is 0 Å². The molecule has 0 amide bonds. The van der Waals surface area contributed by atoms with Crippen LogP contribution in [-0.2, 0) is 6.18 Å². The van der Waals surface area contributed by atoms with Gasteiger partial charge in [0.1, 0.15) is 5.75 Å². The van der Waals surface area contributed by atoms with E-state index in [-0.39, 0.29) is 5.75 Å². The zero-order valence-corrected chi connectivity index (χ0v) is 6.27. The van der Waals surface area contributed by atoms with E-state index in [2.05, 4.69) is 10.8 Å². The van der Waals surface area contributed by atoms with Crippen LogP contribution in [-0.4, -0.2) is 7.11 Å². The van der Waals surface area contributed by atoms with E-state index < -0.39 is 11.7 Å². The van der Waals surface area contributed by atoms with Gasteiger partial charge in [-0.1, -0.05) is 6.07 Å². The van der Waals surface area contributed by atoms with Crippen LogP contribution in [0.15, 0.2) is 18.2 Å². The number of halogens is 3. The first-order chi connectivity index (χ1) is 5.54. The second-order valence-electron chi connectivity index (χ2n) is 2.14. The molecule has 0 atom stereocenters. The molecule has 0 saturated heterocycles. The smallest absolute Gasteiger partial charge is 0.417 e. The molecule has 0 fully saturated rings. The molecule has 0 N–H and O–H groups in total. The monoisotopic (exact) mass is 175 g/mol. The maximum absolute atomic E-state index is 12.0. The van der Waals surface area contributed by atoms with Gasteiger partial charge in [0.15, 0.2) is 0 Å². The highest BCUT2D eigenvalue weighted by molar-refractivity contribution is 5.29. The van der Waals surface area contributed by atoms with E-state index in [1.54, 1.807) is 0 Å². The lowest BCUT2D eigenvalue weighted by molar-refractivity contribution is -0.137. The van der Waals surface area contributed by atoms with E-state index in [0.29, 0.717) is 0 Å². The molecule has 4 heteroatoms. The highest BCUT2D eigenvalue weighted by Gasteiger charge is 2.30. The van der Waals surface area contributed by atoms with Gasteiger partial charge in [-0.2, -0.15) is 13.2 Å². The molecule has 1 radical (unpaired) electrons. The minimum absolute atomic E-state index is 0.182. The molecule has 1 nitrogen and oxygen atoms in total. The summed E-state index contributed by atoms with van der Waals surface area (Å²) in [6, 6.07) is 5.57. The maximum Gasteiger partial charge on any atom is 0.417 e. The zero-order chi connectivity index (χ0) is 9.19. The average molecular weight is 175 g/mol. The van der Waals surface area contributed by atoms with Gasteiger partial charge in [-0.3, -0.25) is 0 Å². The number of ether oxygens (including phenoxy) is 1. The first-order valence-corrected chi connectivity index (χ1v) is 3.17. The molecular weight excluding hydrogens is 169 g/mol. The summed E-state index contributed by atoms with van der Waals surface area (Å²) < 4.78 is 40.7. The summed E-state index contributed by atoms with van der Waals surface area (Å²) in [6.45, 7) is 0. The number of hydrogen-bond acceptors (Lipinski definition) is 1. The van der Waals surface area contributed by atoms with Crippen LogP contribution in [0.1, 0.15) is 5.56 Å². The lowest BCUT2D eigenvalue weighted by Gasteiger charge is -2.06. The number of alkyl halides is 3. The van der Waals surface area contributed by atoms with Gasteiger partial charge in [0.2, 0.25) is 0 Å². The van der Waals surface area contributed by atoms with Crippen molar-refractivity contribution in [2.45, 2.75) is 6.18 Å². The van der Waals surface area contributed by atoms with Gasteiger partial charge in [0.05, 0.1) is 12.7 Å². The third-order valence-corrected chi connectivity index (χ3v) is 1.31. The van der Waals surface area contributed by atoms with Gasteiger partial charge in [0.25, 0.3) is 0 Å². The summed E-state index contributed by atoms with van der Waals surface area (Å²) in [5, 5.41) is 0. The minimum Gasteiger partial charge on any atom is -0.497 e. The van der Waals surface area contributed by atoms with Gasteiger partial charge in [0, 0.05) is 0 Å². The Balaban J connectivity index is 3.02. The summed E-state index contributed by atoms with van der Waals surface area (Å²) in [4.78, 5) is 0. The Bertz CT molecular complexity index is 267. The molecule has 0 aromatic heterocycles. The van der Waals surface area contributed by atoms with Gasteiger partial charge < -0.3 is 4.74 Å². The Morgan fingerprint density at radius 1 is 1.42 bits per heavy atom. The summed E-state index contributed by atoms with van der Waals surface area (Å²) in [5.41, 5.74) is -0.818. The molecule has 0 aliphatic carbocycles. The van der Waals surface area contributed by atoms with Crippen molar-refractivity contribution in [3.8, 4) is 5.75 Å². The molecular formula is C8H6F3O. The highest BCUT2D eigenvalue weighted by atomic mass is 19.4. The fourth-order valence-electron chi connectivity index (χ4n) is 0.736. The lowest BCUT2D eigenvalue weighted by atomic mass is 10.2. The van der Waals surface area contributed by atoms with Crippen LogP contribution in [0.5, 0.6) is 5.75 Å². The van der Waals surface area contributed by atoms with Crippen LogP contribution >= 0.6 is 0 Å². The van der Waals surface area contributed by atoms with Gasteiger partial charge >= 0.3 is 6.18 Å². The zero-order valence-electron chi connectivity index (χ0n) is 6.27. The van der Waals surface area contributed by atoms with E-state index in [1.807, 2.05) is 0 Å². The Hall–Kier alpha value is -1.19. The van der Waals surface area contributed by atoms with Crippen molar-refractivity contribution in [1.29, 1.82) is 0 Å². The third kappa shape index (κ3) is 1.90. The summed E-state index contributed by atoms with van der Waals surface area (Å²) in [5.74, 6) is 0.182. The summed E-state index contributed by atoms with van der Waals surface area (Å²) >= 11 is 0. The van der Waals surface area contributed by atoms with E-state index in [4.69, 9.17) is 0 Å². The second kappa shape index (κ2) is 3.05. The quantitative estimate of drug-likeness (QED) is 0.637. The fraction of sp³-hybridized carbons (Fsp3) is 0.250. The molecule has 0 unspecified atom stereocenters. The van der Waals surface area contributed by atoms with Crippen LogP contribution in [0.3, 0.4) is 0 Å². The molecule has 0 spiro atoms. The van der Waals surface area contributed by atoms with Crippen molar-refractivity contribution in [1.82, 2.24) is 0 Å². The topological polar surface area (TPSA) is 9.23 Å². The lowest BCUT2D eigenvalue weighted by Crippen LogP contribution is -2.04. The van der Waals surface area contributed by atoms with E-state index >= 15 is 0 Å². The van der Waals surface area contributed by atoms with Gasteiger partial charge in [-0.15, -0.1) is 0 Å². The third-order valence-electron chi connectivity index (χ3n) is 1.31. The van der Waals surface area contributed by atoms with Crippen molar-refractivity contribution in [2.24, 2.45) is 0 Å². The largest absolute Gasteiger partial charge is 0.497 e.